The van der Waals surface area contributed by atoms with E-state index in [4.69, 9.17) is 0 Å². The van der Waals surface area contributed by atoms with Crippen molar-refractivity contribution in [3.05, 3.63) is 71.3 Å². The van der Waals surface area contributed by atoms with Gasteiger partial charge < -0.3 is 5.32 Å². The van der Waals surface area contributed by atoms with Crippen molar-refractivity contribution in [1.82, 2.24) is 5.32 Å². The third-order valence-corrected chi connectivity index (χ3v) is 3.74. The molecule has 3 heteroatoms. The lowest BCUT2D eigenvalue weighted by Crippen LogP contribution is -2.17. The fourth-order valence-electron chi connectivity index (χ4n) is 2.85. The molecular weight excluding hydrogens is 244 g/mol. The molecule has 1 saturated heterocycles. The number of rotatable bonds is 2. The van der Waals surface area contributed by atoms with Crippen molar-refractivity contribution in [2.24, 2.45) is 0 Å². The molecule has 0 saturated carbocycles. The van der Waals surface area contributed by atoms with Crippen molar-refractivity contribution >= 4 is 0 Å². The average molecular weight is 259 g/mol. The Hall–Kier alpha value is -1.74. The van der Waals surface area contributed by atoms with E-state index in [1.165, 1.54) is 6.07 Å². The maximum atomic E-state index is 13.9. The van der Waals surface area contributed by atoms with E-state index in [1.807, 2.05) is 30.3 Å². The molecule has 0 aliphatic carbocycles. The first kappa shape index (κ1) is 12.3. The summed E-state index contributed by atoms with van der Waals surface area (Å²) < 4.78 is 26.9. The van der Waals surface area contributed by atoms with E-state index in [1.54, 1.807) is 6.07 Å². The lowest BCUT2D eigenvalue weighted by Gasteiger charge is -2.21. The monoisotopic (exact) mass is 259 g/mol. The maximum absolute atomic E-state index is 13.9. The molecule has 0 radical (unpaired) electrons. The first-order chi connectivity index (χ1) is 9.25. The van der Waals surface area contributed by atoms with Crippen LogP contribution < -0.4 is 5.32 Å². The SMILES string of the molecule is Fc1ccc(C2CCNC2c2ccccc2)c(F)c1. The van der Waals surface area contributed by atoms with Crippen LogP contribution in [0.2, 0.25) is 0 Å². The second-order valence-electron chi connectivity index (χ2n) is 4.90. The van der Waals surface area contributed by atoms with Gasteiger partial charge in [-0.15, -0.1) is 0 Å². The van der Waals surface area contributed by atoms with Crippen LogP contribution in [0, 0.1) is 11.6 Å². The molecular formula is C16H15F2N. The minimum atomic E-state index is -0.525. The molecule has 1 fully saturated rings. The van der Waals surface area contributed by atoms with Crippen molar-refractivity contribution in [3.63, 3.8) is 0 Å². The molecule has 2 aromatic rings. The Morgan fingerprint density at radius 2 is 1.79 bits per heavy atom. The van der Waals surface area contributed by atoms with Gasteiger partial charge >= 0.3 is 0 Å². The molecule has 1 N–H and O–H groups in total. The Labute approximate surface area is 111 Å². The van der Waals surface area contributed by atoms with Gasteiger partial charge in [-0.3, -0.25) is 0 Å². The Morgan fingerprint density at radius 1 is 1.00 bits per heavy atom. The van der Waals surface area contributed by atoms with E-state index in [2.05, 4.69) is 5.32 Å². The maximum Gasteiger partial charge on any atom is 0.129 e. The fraction of sp³-hybridized carbons (Fsp3) is 0.250. The van der Waals surface area contributed by atoms with Gasteiger partial charge in [0.05, 0.1) is 0 Å². The van der Waals surface area contributed by atoms with Gasteiger partial charge in [0.15, 0.2) is 0 Å². The quantitative estimate of drug-likeness (QED) is 0.865. The third-order valence-electron chi connectivity index (χ3n) is 3.74. The number of halogens is 2. The summed E-state index contributed by atoms with van der Waals surface area (Å²) in [5.41, 5.74) is 1.74. The standard InChI is InChI=1S/C16H15F2N/c17-12-6-7-13(15(18)10-12)14-8-9-19-16(14)11-4-2-1-3-5-11/h1-7,10,14,16,19H,8-9H2. The Bertz CT molecular complexity index is 568. The van der Waals surface area contributed by atoms with Crippen LogP contribution >= 0.6 is 0 Å². The number of hydrogen-bond acceptors (Lipinski definition) is 1. The van der Waals surface area contributed by atoms with Gasteiger partial charge in [0.1, 0.15) is 11.6 Å². The van der Waals surface area contributed by atoms with Crippen molar-refractivity contribution in [3.8, 4) is 0 Å². The highest BCUT2D eigenvalue weighted by molar-refractivity contribution is 5.31. The van der Waals surface area contributed by atoms with Crippen LogP contribution in [-0.2, 0) is 0 Å². The van der Waals surface area contributed by atoms with Crippen LogP contribution in [0.15, 0.2) is 48.5 Å². The summed E-state index contributed by atoms with van der Waals surface area (Å²) in [6, 6.07) is 14.0. The molecule has 19 heavy (non-hydrogen) atoms. The minimum Gasteiger partial charge on any atom is -0.309 e. The molecule has 0 spiro atoms. The van der Waals surface area contributed by atoms with Crippen LogP contribution in [0.3, 0.4) is 0 Å². The smallest absolute Gasteiger partial charge is 0.129 e. The molecule has 1 nitrogen and oxygen atoms in total. The van der Waals surface area contributed by atoms with Gasteiger partial charge in [-0.1, -0.05) is 36.4 Å². The summed E-state index contributed by atoms with van der Waals surface area (Å²) >= 11 is 0. The average Bonchev–Trinajstić information content (AvgIpc) is 2.89. The van der Waals surface area contributed by atoms with Gasteiger partial charge in [0.2, 0.25) is 0 Å². The lowest BCUT2D eigenvalue weighted by molar-refractivity contribution is 0.523. The Balaban J connectivity index is 1.95. The van der Waals surface area contributed by atoms with E-state index in [9.17, 15) is 8.78 Å². The molecule has 1 aliphatic rings. The van der Waals surface area contributed by atoms with Gasteiger partial charge in [-0.05, 0) is 30.2 Å². The molecule has 0 bridgehead atoms. The number of hydrogen-bond donors (Lipinski definition) is 1. The fourth-order valence-corrected chi connectivity index (χ4v) is 2.85. The first-order valence-corrected chi connectivity index (χ1v) is 6.49. The van der Waals surface area contributed by atoms with Crippen molar-refractivity contribution < 1.29 is 8.78 Å². The van der Waals surface area contributed by atoms with E-state index >= 15 is 0 Å². The van der Waals surface area contributed by atoms with Gasteiger partial charge in [-0.2, -0.15) is 0 Å². The highest BCUT2D eigenvalue weighted by atomic mass is 19.1. The molecule has 2 aromatic carbocycles. The summed E-state index contributed by atoms with van der Waals surface area (Å²) in [4.78, 5) is 0. The Kier molecular flexibility index (Phi) is 3.30. The summed E-state index contributed by atoms with van der Waals surface area (Å²) in [5, 5.41) is 3.40. The highest BCUT2D eigenvalue weighted by Gasteiger charge is 2.31. The molecule has 2 atom stereocenters. The van der Waals surface area contributed by atoms with Gasteiger partial charge in [-0.25, -0.2) is 8.78 Å². The van der Waals surface area contributed by atoms with Crippen LogP contribution in [0.5, 0.6) is 0 Å². The number of nitrogens with one attached hydrogen (secondary N) is 1. The highest BCUT2D eigenvalue weighted by Crippen LogP contribution is 2.38. The van der Waals surface area contributed by atoms with E-state index in [0.29, 0.717) is 5.56 Å². The molecule has 0 amide bonds. The lowest BCUT2D eigenvalue weighted by atomic mass is 9.87. The predicted octanol–water partition coefficient (Wildman–Crippen LogP) is 3.78. The van der Waals surface area contributed by atoms with E-state index in [0.717, 1.165) is 24.6 Å². The zero-order valence-corrected chi connectivity index (χ0v) is 10.4. The van der Waals surface area contributed by atoms with E-state index < -0.39 is 11.6 Å². The number of benzene rings is 2. The largest absolute Gasteiger partial charge is 0.309 e. The van der Waals surface area contributed by atoms with Crippen molar-refractivity contribution in [1.29, 1.82) is 0 Å². The molecule has 0 aromatic heterocycles. The van der Waals surface area contributed by atoms with Crippen molar-refractivity contribution in [2.75, 3.05) is 6.54 Å². The Morgan fingerprint density at radius 3 is 2.53 bits per heavy atom. The van der Waals surface area contributed by atoms with E-state index in [-0.39, 0.29) is 12.0 Å². The van der Waals surface area contributed by atoms with Crippen molar-refractivity contribution in [2.45, 2.75) is 18.4 Å². The second kappa shape index (κ2) is 5.10. The van der Waals surface area contributed by atoms with Crippen LogP contribution in [0.25, 0.3) is 0 Å². The first-order valence-electron chi connectivity index (χ1n) is 6.49. The minimum absolute atomic E-state index is 0.0583. The summed E-state index contributed by atoms with van der Waals surface area (Å²) in [7, 11) is 0. The van der Waals surface area contributed by atoms with Crippen LogP contribution in [0.4, 0.5) is 8.78 Å². The van der Waals surface area contributed by atoms with Gasteiger partial charge in [0.25, 0.3) is 0 Å². The summed E-state index contributed by atoms with van der Waals surface area (Å²) in [6.07, 6.45) is 0.863. The normalized spacial score (nSPS) is 22.6. The predicted molar refractivity (Wildman–Crippen MR) is 70.9 cm³/mol. The second-order valence-corrected chi connectivity index (χ2v) is 4.90. The third kappa shape index (κ3) is 2.38. The zero-order chi connectivity index (χ0) is 13.2. The molecule has 1 aliphatic heterocycles. The molecule has 98 valence electrons. The summed E-state index contributed by atoms with van der Waals surface area (Å²) in [5.74, 6) is -0.916. The topological polar surface area (TPSA) is 12.0 Å². The zero-order valence-electron chi connectivity index (χ0n) is 10.4. The molecule has 2 unspecified atom stereocenters. The molecule has 3 rings (SSSR count). The van der Waals surface area contributed by atoms with Gasteiger partial charge in [0, 0.05) is 18.0 Å². The van der Waals surface area contributed by atoms with Crippen LogP contribution in [0.1, 0.15) is 29.5 Å². The molecule has 1 heterocycles. The van der Waals surface area contributed by atoms with Crippen LogP contribution in [-0.4, -0.2) is 6.54 Å². The summed E-state index contributed by atoms with van der Waals surface area (Å²) in [6.45, 7) is 0.848.